The number of halogens is 4. The lowest BCUT2D eigenvalue weighted by Gasteiger charge is -2.24. The van der Waals surface area contributed by atoms with Crippen molar-refractivity contribution in [1.29, 1.82) is 0 Å². The van der Waals surface area contributed by atoms with E-state index in [0.717, 1.165) is 0 Å². The quantitative estimate of drug-likeness (QED) is 0.152. The number of unbranched alkanes of at least 4 members (excludes halogenated alkanes) is 4. The second-order valence-electron chi connectivity index (χ2n) is 6.19. The molecule has 0 saturated heterocycles. The van der Waals surface area contributed by atoms with Gasteiger partial charge in [-0.1, -0.05) is 25.0 Å². The van der Waals surface area contributed by atoms with E-state index in [1.54, 1.807) is 6.92 Å². The van der Waals surface area contributed by atoms with Gasteiger partial charge in [0, 0.05) is 6.42 Å². The molecule has 0 aromatic rings. The summed E-state index contributed by atoms with van der Waals surface area (Å²) in [5, 5.41) is 29.3. The van der Waals surface area contributed by atoms with Crippen LogP contribution in [0.15, 0.2) is 12.2 Å². The van der Waals surface area contributed by atoms with Crippen LogP contribution < -0.4 is 5.73 Å². The highest BCUT2D eigenvalue weighted by Gasteiger charge is 2.39. The molecule has 160 valence electrons. The molecular formula is C17H29F4NO5. The van der Waals surface area contributed by atoms with Gasteiger partial charge in [-0.25, -0.2) is 17.6 Å². The van der Waals surface area contributed by atoms with Crippen molar-refractivity contribution in [3.63, 3.8) is 0 Å². The fourth-order valence-corrected chi connectivity index (χ4v) is 2.23. The number of hydrogen-bond donors (Lipinski definition) is 4. The summed E-state index contributed by atoms with van der Waals surface area (Å²) in [6.45, 7) is 1.60. The molecule has 0 aliphatic carbocycles. The zero-order valence-corrected chi connectivity index (χ0v) is 15.2. The molecule has 0 rings (SSSR count). The lowest BCUT2D eigenvalue weighted by atomic mass is 10.0. The van der Waals surface area contributed by atoms with Crippen LogP contribution in [0.4, 0.5) is 17.6 Å². The number of nitrogens with two attached hydrogens (primary N) is 1. The summed E-state index contributed by atoms with van der Waals surface area (Å²) < 4.78 is 53.9. The highest BCUT2D eigenvalue weighted by molar-refractivity contribution is 5.76. The van der Waals surface area contributed by atoms with Crippen molar-refractivity contribution in [2.75, 3.05) is 6.61 Å². The molecule has 0 aliphatic heterocycles. The molecule has 0 saturated carbocycles. The summed E-state index contributed by atoms with van der Waals surface area (Å²) in [5.74, 6) is -4.86. The molecule has 4 atom stereocenters. The lowest BCUT2D eigenvalue weighted by molar-refractivity contribution is -0.151. The molecule has 0 aliphatic rings. The number of carbonyl (C=O) groups is 1. The zero-order valence-electron chi connectivity index (χ0n) is 15.2. The third-order valence-electron chi connectivity index (χ3n) is 3.91. The molecule has 6 nitrogen and oxygen atoms in total. The van der Waals surface area contributed by atoms with E-state index < -0.39 is 49.1 Å². The number of alkyl halides is 4. The van der Waals surface area contributed by atoms with Crippen molar-refractivity contribution in [2.45, 2.75) is 82.2 Å². The van der Waals surface area contributed by atoms with Crippen LogP contribution in [0, 0.1) is 0 Å². The van der Waals surface area contributed by atoms with Gasteiger partial charge in [0.1, 0.15) is 24.4 Å². The first kappa shape index (κ1) is 25.8. The molecule has 0 bridgehead atoms. The van der Waals surface area contributed by atoms with Crippen LogP contribution in [0.2, 0.25) is 0 Å². The predicted octanol–water partition coefficient (Wildman–Crippen LogP) is 1.76. The predicted molar refractivity (Wildman–Crippen MR) is 90.4 cm³/mol. The van der Waals surface area contributed by atoms with E-state index >= 15 is 0 Å². The highest BCUT2D eigenvalue weighted by atomic mass is 19.3. The number of aliphatic hydroxyl groups is 3. The van der Waals surface area contributed by atoms with Gasteiger partial charge >= 0.3 is 18.3 Å². The number of esters is 1. The van der Waals surface area contributed by atoms with Crippen LogP contribution >= 0.6 is 0 Å². The monoisotopic (exact) mass is 403 g/mol. The summed E-state index contributed by atoms with van der Waals surface area (Å²) in [7, 11) is 0. The van der Waals surface area contributed by atoms with Gasteiger partial charge in [0.2, 0.25) is 0 Å². The largest absolute Gasteiger partial charge is 0.465 e. The molecule has 0 amide bonds. The minimum absolute atomic E-state index is 0.0136. The van der Waals surface area contributed by atoms with E-state index in [1.807, 2.05) is 0 Å². The highest BCUT2D eigenvalue weighted by Crippen LogP contribution is 2.28. The Morgan fingerprint density at radius 2 is 1.70 bits per heavy atom. The van der Waals surface area contributed by atoms with Crippen molar-refractivity contribution < 1.29 is 42.4 Å². The first-order valence-electron chi connectivity index (χ1n) is 8.83. The van der Waals surface area contributed by atoms with Crippen molar-refractivity contribution >= 4 is 5.97 Å². The summed E-state index contributed by atoms with van der Waals surface area (Å²) in [5.41, 5.74) is 5.44. The first-order chi connectivity index (χ1) is 12.5. The van der Waals surface area contributed by atoms with Crippen LogP contribution in [-0.2, 0) is 9.53 Å². The molecule has 5 N–H and O–H groups in total. The Bertz CT molecular complexity index is 451. The number of aliphatic hydroxyl groups excluding tert-OH is 3. The third kappa shape index (κ3) is 10.0. The maximum atomic E-state index is 12.7. The van der Waals surface area contributed by atoms with Gasteiger partial charge in [-0.05, 0) is 26.2 Å². The number of allylic oxidation sites excluding steroid dienone is 1. The maximum Gasteiger partial charge on any atom is 0.325 e. The van der Waals surface area contributed by atoms with Gasteiger partial charge < -0.3 is 25.8 Å². The molecule has 0 spiro atoms. The summed E-state index contributed by atoms with van der Waals surface area (Å²) in [6.07, 6.45) is -4.74. The first-order valence-corrected chi connectivity index (χ1v) is 8.83. The second kappa shape index (κ2) is 13.0. The Morgan fingerprint density at radius 1 is 1.11 bits per heavy atom. The van der Waals surface area contributed by atoms with Gasteiger partial charge in [-0.3, -0.25) is 4.79 Å². The average Bonchev–Trinajstić information content (AvgIpc) is 2.61. The van der Waals surface area contributed by atoms with E-state index in [9.17, 15) is 37.7 Å². The molecule has 0 fully saturated rings. The van der Waals surface area contributed by atoms with E-state index in [0.29, 0.717) is 25.7 Å². The maximum absolute atomic E-state index is 12.7. The van der Waals surface area contributed by atoms with Crippen LogP contribution in [0.3, 0.4) is 0 Å². The summed E-state index contributed by atoms with van der Waals surface area (Å²) in [4.78, 5) is 11.4. The van der Waals surface area contributed by atoms with Gasteiger partial charge in [-0.2, -0.15) is 0 Å². The topological polar surface area (TPSA) is 113 Å². The lowest BCUT2D eigenvalue weighted by Crippen LogP contribution is -2.52. The van der Waals surface area contributed by atoms with Gasteiger partial charge in [0.15, 0.2) is 0 Å². The minimum Gasteiger partial charge on any atom is -0.465 e. The van der Waals surface area contributed by atoms with E-state index in [2.05, 4.69) is 4.74 Å². The van der Waals surface area contributed by atoms with Crippen molar-refractivity contribution in [1.82, 2.24) is 0 Å². The van der Waals surface area contributed by atoms with Crippen LogP contribution in [0.25, 0.3) is 0 Å². The molecule has 10 heteroatoms. The molecular weight excluding hydrogens is 374 g/mol. The number of rotatable bonds is 14. The fourth-order valence-electron chi connectivity index (χ4n) is 2.23. The molecule has 0 heterocycles. The van der Waals surface area contributed by atoms with Crippen LogP contribution in [0.1, 0.15) is 45.4 Å². The molecule has 27 heavy (non-hydrogen) atoms. The van der Waals surface area contributed by atoms with Gasteiger partial charge in [0.25, 0.3) is 0 Å². The van der Waals surface area contributed by atoms with Crippen molar-refractivity contribution in [3.05, 3.63) is 12.2 Å². The van der Waals surface area contributed by atoms with Crippen molar-refractivity contribution in [3.8, 4) is 0 Å². The summed E-state index contributed by atoms with van der Waals surface area (Å²) >= 11 is 0. The Balaban J connectivity index is 4.06. The SMILES string of the molecule is CCOC(=O)C(N)C(O)C(O)C(O)C=CCCCCCCC(F)(F)C(F)F. The fraction of sp³-hybridized carbons (Fsp3) is 0.824. The summed E-state index contributed by atoms with van der Waals surface area (Å²) in [6, 6.07) is -1.51. The standard InChI is InChI=1S/C17H29F4NO5/c1-2-27-15(26)12(22)14(25)13(24)11(23)9-7-5-3-4-6-8-10-17(20,21)16(18)19/h7,9,11-14,16,23-25H,2-6,8,10,22H2,1H3. The second-order valence-corrected chi connectivity index (χ2v) is 6.19. The molecule has 4 unspecified atom stereocenters. The van der Waals surface area contributed by atoms with Gasteiger partial charge in [-0.15, -0.1) is 0 Å². The smallest absolute Gasteiger partial charge is 0.325 e. The molecule has 0 aromatic heterocycles. The Kier molecular flexibility index (Phi) is 12.4. The van der Waals surface area contributed by atoms with E-state index in [4.69, 9.17) is 5.73 Å². The molecule has 0 aromatic carbocycles. The number of carbonyl (C=O) groups excluding carboxylic acids is 1. The molecule has 0 radical (unpaired) electrons. The van der Waals surface area contributed by atoms with Crippen molar-refractivity contribution in [2.24, 2.45) is 5.73 Å². The Morgan fingerprint density at radius 3 is 2.26 bits per heavy atom. The Hall–Kier alpha value is -1.23. The minimum atomic E-state index is -3.95. The average molecular weight is 403 g/mol. The third-order valence-corrected chi connectivity index (χ3v) is 3.91. The number of hydrogen-bond acceptors (Lipinski definition) is 6. The van der Waals surface area contributed by atoms with Crippen LogP contribution in [0.5, 0.6) is 0 Å². The Labute approximate surface area is 156 Å². The number of ether oxygens (including phenoxy) is 1. The van der Waals surface area contributed by atoms with E-state index in [1.165, 1.54) is 12.2 Å². The zero-order chi connectivity index (χ0) is 21.0. The van der Waals surface area contributed by atoms with E-state index in [-0.39, 0.29) is 13.0 Å². The van der Waals surface area contributed by atoms with Crippen LogP contribution in [-0.4, -0.2) is 64.6 Å². The van der Waals surface area contributed by atoms with Gasteiger partial charge in [0.05, 0.1) is 6.61 Å². The normalized spacial score (nSPS) is 17.1.